The first kappa shape index (κ1) is 14.5. The average molecular weight is 291 g/mol. The van der Waals surface area contributed by atoms with Gasteiger partial charge in [0.05, 0.1) is 12.3 Å². The van der Waals surface area contributed by atoms with E-state index in [2.05, 4.69) is 10.3 Å². The molecule has 106 valence electrons. The lowest BCUT2D eigenvalue weighted by Crippen LogP contribution is -2.26. The molecule has 0 aliphatic rings. The third-order valence-corrected chi connectivity index (χ3v) is 4.05. The molecule has 6 heteroatoms. The van der Waals surface area contributed by atoms with Crippen LogP contribution in [-0.2, 0) is 0 Å². The maximum Gasteiger partial charge on any atom is 0.263 e. The molecule has 0 saturated carbocycles. The molecule has 0 bridgehead atoms. The third-order valence-electron chi connectivity index (χ3n) is 2.82. The van der Waals surface area contributed by atoms with E-state index in [1.807, 2.05) is 49.2 Å². The average Bonchev–Trinajstić information content (AvgIpc) is 2.87. The summed E-state index contributed by atoms with van der Waals surface area (Å²) in [5.41, 5.74) is 1.71. The van der Waals surface area contributed by atoms with Crippen molar-refractivity contribution in [2.75, 3.05) is 25.1 Å². The smallest absolute Gasteiger partial charge is 0.263 e. The predicted octanol–water partition coefficient (Wildman–Crippen LogP) is 1.94. The number of rotatable bonds is 5. The van der Waals surface area contributed by atoms with E-state index < -0.39 is 0 Å². The zero-order chi connectivity index (χ0) is 14.5. The molecule has 0 aliphatic carbocycles. The molecule has 0 atom stereocenters. The highest BCUT2D eigenvalue weighted by Crippen LogP contribution is 2.30. The van der Waals surface area contributed by atoms with E-state index in [1.165, 1.54) is 11.3 Å². The number of anilines is 2. The minimum atomic E-state index is -0.193. The number of aryl methyl sites for hydroxylation is 1. The van der Waals surface area contributed by atoms with Gasteiger partial charge < -0.3 is 15.3 Å². The molecule has 0 saturated heterocycles. The zero-order valence-corrected chi connectivity index (χ0v) is 12.3. The van der Waals surface area contributed by atoms with Gasteiger partial charge in [-0.2, -0.15) is 0 Å². The number of aliphatic hydroxyl groups is 1. The van der Waals surface area contributed by atoms with Gasteiger partial charge in [-0.3, -0.25) is 4.79 Å². The Kier molecular flexibility index (Phi) is 4.70. The molecule has 0 spiro atoms. The van der Waals surface area contributed by atoms with Gasteiger partial charge in [0.2, 0.25) is 0 Å². The third kappa shape index (κ3) is 3.15. The van der Waals surface area contributed by atoms with Crippen LogP contribution in [0, 0.1) is 6.92 Å². The van der Waals surface area contributed by atoms with E-state index in [-0.39, 0.29) is 19.1 Å². The van der Waals surface area contributed by atoms with Gasteiger partial charge in [0.1, 0.15) is 4.88 Å². The molecule has 1 amide bonds. The van der Waals surface area contributed by atoms with Gasteiger partial charge in [0.25, 0.3) is 5.91 Å². The van der Waals surface area contributed by atoms with Crippen molar-refractivity contribution in [1.29, 1.82) is 0 Å². The summed E-state index contributed by atoms with van der Waals surface area (Å²) in [4.78, 5) is 18.9. The molecule has 2 rings (SSSR count). The van der Waals surface area contributed by atoms with Crippen molar-refractivity contribution in [3.05, 3.63) is 40.9 Å². The monoisotopic (exact) mass is 291 g/mol. The number of hydrogen-bond donors (Lipinski definition) is 2. The van der Waals surface area contributed by atoms with Gasteiger partial charge in [-0.25, -0.2) is 4.98 Å². The number of thiazole rings is 1. The second kappa shape index (κ2) is 6.49. The Bertz CT molecular complexity index is 583. The molecule has 1 aromatic carbocycles. The van der Waals surface area contributed by atoms with Crippen molar-refractivity contribution in [1.82, 2.24) is 10.3 Å². The summed E-state index contributed by atoms with van der Waals surface area (Å²) >= 11 is 1.34. The van der Waals surface area contributed by atoms with Gasteiger partial charge in [-0.15, -0.1) is 0 Å². The van der Waals surface area contributed by atoms with Gasteiger partial charge in [0.15, 0.2) is 5.13 Å². The van der Waals surface area contributed by atoms with Gasteiger partial charge in [-0.05, 0) is 19.1 Å². The van der Waals surface area contributed by atoms with Crippen LogP contribution in [-0.4, -0.2) is 36.2 Å². The Balaban J connectivity index is 2.21. The summed E-state index contributed by atoms with van der Waals surface area (Å²) in [6, 6.07) is 9.85. The second-order valence-corrected chi connectivity index (χ2v) is 5.26. The standard InChI is InChI=1S/C14H17N3O2S/c1-10-12(13(19)15-8-9-18)20-14(16-10)17(2)11-6-4-3-5-7-11/h3-7,18H,8-9H2,1-2H3,(H,15,19). The number of para-hydroxylation sites is 1. The lowest BCUT2D eigenvalue weighted by molar-refractivity contribution is 0.0948. The highest BCUT2D eigenvalue weighted by molar-refractivity contribution is 7.17. The van der Waals surface area contributed by atoms with Crippen molar-refractivity contribution in [3.8, 4) is 0 Å². The summed E-state index contributed by atoms with van der Waals surface area (Å²) in [5.74, 6) is -0.193. The van der Waals surface area contributed by atoms with Crippen molar-refractivity contribution in [2.24, 2.45) is 0 Å². The lowest BCUT2D eigenvalue weighted by Gasteiger charge is -2.15. The van der Waals surface area contributed by atoms with E-state index in [0.29, 0.717) is 10.6 Å². The normalized spacial score (nSPS) is 10.3. The molecule has 0 unspecified atom stereocenters. The van der Waals surface area contributed by atoms with Crippen LogP contribution in [0.15, 0.2) is 30.3 Å². The molecule has 1 heterocycles. The van der Waals surface area contributed by atoms with Crippen LogP contribution in [0.25, 0.3) is 0 Å². The van der Waals surface area contributed by atoms with Crippen molar-refractivity contribution in [2.45, 2.75) is 6.92 Å². The van der Waals surface area contributed by atoms with Crippen LogP contribution in [0.2, 0.25) is 0 Å². The van der Waals surface area contributed by atoms with Crippen molar-refractivity contribution in [3.63, 3.8) is 0 Å². The highest BCUT2D eigenvalue weighted by atomic mass is 32.1. The van der Waals surface area contributed by atoms with Gasteiger partial charge in [0, 0.05) is 19.3 Å². The summed E-state index contributed by atoms with van der Waals surface area (Å²) in [5, 5.41) is 12.1. The number of amides is 1. The fraction of sp³-hybridized carbons (Fsp3) is 0.286. The van der Waals surface area contributed by atoms with Crippen LogP contribution < -0.4 is 10.2 Å². The molecule has 0 radical (unpaired) electrons. The van der Waals surface area contributed by atoms with Gasteiger partial charge in [-0.1, -0.05) is 29.5 Å². The number of hydrogen-bond acceptors (Lipinski definition) is 5. The lowest BCUT2D eigenvalue weighted by atomic mass is 10.3. The number of nitrogens with zero attached hydrogens (tertiary/aromatic N) is 2. The summed E-state index contributed by atoms with van der Waals surface area (Å²) in [6.45, 7) is 1.99. The number of benzene rings is 1. The summed E-state index contributed by atoms with van der Waals surface area (Å²) in [7, 11) is 1.92. The Morgan fingerprint density at radius 2 is 2.10 bits per heavy atom. The minimum Gasteiger partial charge on any atom is -0.395 e. The molecule has 5 nitrogen and oxygen atoms in total. The molecule has 2 N–H and O–H groups in total. The van der Waals surface area contributed by atoms with Crippen LogP contribution >= 0.6 is 11.3 Å². The maximum atomic E-state index is 11.9. The van der Waals surface area contributed by atoms with E-state index in [1.54, 1.807) is 0 Å². The quantitative estimate of drug-likeness (QED) is 0.883. The van der Waals surface area contributed by atoms with Crippen molar-refractivity contribution < 1.29 is 9.90 Å². The maximum absolute atomic E-state index is 11.9. The van der Waals surface area contributed by atoms with Gasteiger partial charge >= 0.3 is 0 Å². The Labute approximate surface area is 121 Å². The SMILES string of the molecule is Cc1nc(N(C)c2ccccc2)sc1C(=O)NCCO. The summed E-state index contributed by atoms with van der Waals surface area (Å²) < 4.78 is 0. The largest absolute Gasteiger partial charge is 0.395 e. The van der Waals surface area contributed by atoms with E-state index in [0.717, 1.165) is 10.8 Å². The number of aliphatic hydroxyl groups excluding tert-OH is 1. The highest BCUT2D eigenvalue weighted by Gasteiger charge is 2.17. The van der Waals surface area contributed by atoms with Crippen LogP contribution in [0.1, 0.15) is 15.4 Å². The number of aromatic nitrogens is 1. The zero-order valence-electron chi connectivity index (χ0n) is 11.5. The number of carbonyl (C=O) groups excluding carboxylic acids is 1. The predicted molar refractivity (Wildman–Crippen MR) is 80.8 cm³/mol. The van der Waals surface area contributed by atoms with E-state index in [9.17, 15) is 4.79 Å². The second-order valence-electron chi connectivity index (χ2n) is 4.29. The number of nitrogens with one attached hydrogen (secondary N) is 1. The Morgan fingerprint density at radius 1 is 1.40 bits per heavy atom. The number of carbonyl (C=O) groups is 1. The molecular weight excluding hydrogens is 274 g/mol. The van der Waals surface area contributed by atoms with Crippen LogP contribution in [0.5, 0.6) is 0 Å². The molecule has 20 heavy (non-hydrogen) atoms. The first-order valence-electron chi connectivity index (χ1n) is 6.28. The molecule has 1 aromatic heterocycles. The Hall–Kier alpha value is -1.92. The minimum absolute atomic E-state index is 0.0691. The Morgan fingerprint density at radius 3 is 2.75 bits per heavy atom. The fourth-order valence-corrected chi connectivity index (χ4v) is 2.71. The molecule has 2 aromatic rings. The fourth-order valence-electron chi connectivity index (χ4n) is 1.75. The molecular formula is C14H17N3O2S. The van der Waals surface area contributed by atoms with E-state index >= 15 is 0 Å². The summed E-state index contributed by atoms with van der Waals surface area (Å²) in [6.07, 6.45) is 0. The van der Waals surface area contributed by atoms with Crippen LogP contribution in [0.3, 0.4) is 0 Å². The first-order valence-corrected chi connectivity index (χ1v) is 7.10. The molecule has 0 fully saturated rings. The molecule has 0 aliphatic heterocycles. The van der Waals surface area contributed by atoms with E-state index in [4.69, 9.17) is 5.11 Å². The van der Waals surface area contributed by atoms with Crippen LogP contribution in [0.4, 0.5) is 10.8 Å². The first-order chi connectivity index (χ1) is 9.63. The van der Waals surface area contributed by atoms with Crippen molar-refractivity contribution >= 4 is 28.1 Å². The topological polar surface area (TPSA) is 65.5 Å².